The molecule has 0 aliphatic rings. The van der Waals surface area contributed by atoms with Crippen molar-refractivity contribution in [3.8, 4) is 0 Å². The molecule has 0 aromatic heterocycles. The molecule has 0 nitrogen and oxygen atoms in total. The highest BCUT2D eigenvalue weighted by Crippen LogP contribution is 2.13. The van der Waals surface area contributed by atoms with Crippen LogP contribution in [0.3, 0.4) is 0 Å². The molecule has 0 N–H and O–H groups in total. The normalized spacial score (nSPS) is 10.3. The maximum Gasteiger partial charge on any atom is 0.0109 e. The van der Waals surface area contributed by atoms with Gasteiger partial charge in [-0.2, -0.15) is 0 Å². The van der Waals surface area contributed by atoms with Crippen LogP contribution in [0.15, 0.2) is 11.6 Å². The zero-order chi connectivity index (χ0) is 9.94. The van der Waals surface area contributed by atoms with Crippen molar-refractivity contribution in [1.29, 1.82) is 0 Å². The predicted molar refractivity (Wildman–Crippen MR) is 65.7 cm³/mol. The Morgan fingerprint density at radius 2 is 1.38 bits per heavy atom. The van der Waals surface area contributed by atoms with Crippen molar-refractivity contribution >= 4 is 27.5 Å². The Balaban J connectivity index is 2.87. The molecule has 0 bridgehead atoms. The molecule has 0 saturated heterocycles. The molecule has 0 aliphatic heterocycles. The van der Waals surface area contributed by atoms with Crippen molar-refractivity contribution in [3.63, 3.8) is 0 Å². The minimum Gasteiger partial charge on any atom is -0.0928 e. The summed E-state index contributed by atoms with van der Waals surface area (Å²) in [4.78, 5) is 0. The van der Waals surface area contributed by atoms with E-state index in [9.17, 15) is 0 Å². The van der Waals surface area contributed by atoms with Crippen LogP contribution in [0.2, 0.25) is 0 Å². The first-order chi connectivity index (χ1) is 6.27. The van der Waals surface area contributed by atoms with E-state index in [1.54, 1.807) is 0 Å². The average Bonchev–Trinajstić information content (AvgIpc) is 2.09. The Kier molecular flexibility index (Phi) is 11.0. The first-order valence-electron chi connectivity index (χ1n) is 5.16. The molecule has 78 valence electrons. The predicted octanol–water partition coefficient (Wildman–Crippen LogP) is 5.25. The monoisotopic (exact) mass is 266 g/mol. The van der Waals surface area contributed by atoms with Crippen molar-refractivity contribution in [2.75, 3.05) is 5.33 Å². The molecule has 13 heavy (non-hydrogen) atoms. The summed E-state index contributed by atoms with van der Waals surface area (Å²) in [6.45, 7) is 3.67. The van der Waals surface area contributed by atoms with Gasteiger partial charge in [-0.25, -0.2) is 0 Å². The molecule has 0 aromatic carbocycles. The molecular weight excluding hydrogens is 247 g/mol. The van der Waals surface area contributed by atoms with Gasteiger partial charge in [-0.1, -0.05) is 66.2 Å². The van der Waals surface area contributed by atoms with Gasteiger partial charge >= 0.3 is 0 Å². The lowest BCUT2D eigenvalue weighted by molar-refractivity contribution is 0.593. The number of rotatable bonds is 9. The van der Waals surface area contributed by atoms with Gasteiger partial charge in [0.2, 0.25) is 0 Å². The number of hydrogen-bond donors (Lipinski definition) is 0. The smallest absolute Gasteiger partial charge is 0.0109 e. The van der Waals surface area contributed by atoms with Crippen LogP contribution in [-0.2, 0) is 0 Å². The van der Waals surface area contributed by atoms with Gasteiger partial charge in [0.1, 0.15) is 0 Å². The quantitative estimate of drug-likeness (QED) is 0.395. The second kappa shape index (κ2) is 10.6. The van der Waals surface area contributed by atoms with Crippen molar-refractivity contribution in [1.82, 2.24) is 0 Å². The van der Waals surface area contributed by atoms with Crippen LogP contribution >= 0.6 is 27.5 Å². The fourth-order valence-electron chi connectivity index (χ4n) is 1.30. The van der Waals surface area contributed by atoms with Crippen LogP contribution in [0.5, 0.6) is 0 Å². The maximum atomic E-state index is 5.66. The Bertz CT molecular complexity index is 123. The number of hydrogen-bond acceptors (Lipinski definition) is 0. The van der Waals surface area contributed by atoms with Crippen LogP contribution < -0.4 is 0 Å². The minimum absolute atomic E-state index is 0.805. The Morgan fingerprint density at radius 1 is 0.923 bits per heavy atom. The molecule has 0 fully saturated rings. The minimum atomic E-state index is 0.805. The maximum absolute atomic E-state index is 5.66. The molecule has 2 heteroatoms. The summed E-state index contributed by atoms with van der Waals surface area (Å²) in [6, 6.07) is 0. The Labute approximate surface area is 95.9 Å². The zero-order valence-corrected chi connectivity index (χ0v) is 10.7. The SMILES string of the molecule is C=C(Cl)CCCCCCCCCBr. The summed E-state index contributed by atoms with van der Waals surface area (Å²) in [7, 11) is 0. The van der Waals surface area contributed by atoms with E-state index < -0.39 is 0 Å². The molecule has 0 heterocycles. The van der Waals surface area contributed by atoms with Gasteiger partial charge in [0.05, 0.1) is 0 Å². The topological polar surface area (TPSA) is 0 Å². The largest absolute Gasteiger partial charge is 0.0928 e. The third-order valence-corrected chi connectivity index (χ3v) is 2.83. The fraction of sp³-hybridized carbons (Fsp3) is 0.818. The van der Waals surface area contributed by atoms with Gasteiger partial charge < -0.3 is 0 Å². The number of halogens is 2. The molecule has 0 spiro atoms. The van der Waals surface area contributed by atoms with Crippen LogP contribution in [0.25, 0.3) is 0 Å². The highest BCUT2D eigenvalue weighted by Gasteiger charge is 1.92. The van der Waals surface area contributed by atoms with Gasteiger partial charge in [-0.05, 0) is 19.3 Å². The van der Waals surface area contributed by atoms with Crippen molar-refractivity contribution < 1.29 is 0 Å². The molecule has 0 radical (unpaired) electrons. The molecule has 0 aliphatic carbocycles. The lowest BCUT2D eigenvalue weighted by Crippen LogP contribution is -1.81. The molecule has 0 aromatic rings. The first kappa shape index (κ1) is 13.5. The van der Waals surface area contributed by atoms with Crippen LogP contribution in [0.1, 0.15) is 51.4 Å². The van der Waals surface area contributed by atoms with Gasteiger partial charge in [0.15, 0.2) is 0 Å². The van der Waals surface area contributed by atoms with Gasteiger partial charge in [0.25, 0.3) is 0 Å². The lowest BCUT2D eigenvalue weighted by Gasteiger charge is -2.00. The molecule has 0 amide bonds. The van der Waals surface area contributed by atoms with Crippen molar-refractivity contribution in [3.05, 3.63) is 11.6 Å². The Hall–Kier alpha value is 0.510. The third-order valence-electron chi connectivity index (χ3n) is 2.08. The van der Waals surface area contributed by atoms with E-state index in [4.69, 9.17) is 11.6 Å². The average molecular weight is 268 g/mol. The molecule has 0 rings (SSSR count). The molecular formula is C11H20BrCl. The van der Waals surface area contributed by atoms with E-state index in [2.05, 4.69) is 22.5 Å². The highest BCUT2D eigenvalue weighted by molar-refractivity contribution is 9.09. The van der Waals surface area contributed by atoms with Gasteiger partial charge in [0, 0.05) is 10.4 Å². The van der Waals surface area contributed by atoms with E-state index in [1.807, 2.05) is 0 Å². The molecule has 0 atom stereocenters. The number of unbranched alkanes of at least 4 members (excludes halogenated alkanes) is 6. The van der Waals surface area contributed by atoms with E-state index in [0.29, 0.717) is 0 Å². The van der Waals surface area contributed by atoms with E-state index in [1.165, 1.54) is 44.9 Å². The van der Waals surface area contributed by atoms with Crippen molar-refractivity contribution in [2.24, 2.45) is 0 Å². The van der Waals surface area contributed by atoms with E-state index in [-0.39, 0.29) is 0 Å². The van der Waals surface area contributed by atoms with Gasteiger partial charge in [-0.15, -0.1) is 0 Å². The summed E-state index contributed by atoms with van der Waals surface area (Å²) < 4.78 is 0. The third kappa shape index (κ3) is 12.5. The number of allylic oxidation sites excluding steroid dienone is 1. The fourth-order valence-corrected chi connectivity index (χ4v) is 1.83. The Morgan fingerprint density at radius 3 is 1.85 bits per heavy atom. The zero-order valence-electron chi connectivity index (χ0n) is 8.33. The lowest BCUT2D eigenvalue weighted by atomic mass is 10.1. The second-order valence-electron chi connectivity index (χ2n) is 3.43. The van der Waals surface area contributed by atoms with E-state index >= 15 is 0 Å². The molecule has 0 saturated carbocycles. The van der Waals surface area contributed by atoms with Crippen LogP contribution in [0, 0.1) is 0 Å². The molecule has 0 unspecified atom stereocenters. The van der Waals surface area contributed by atoms with Crippen LogP contribution in [0.4, 0.5) is 0 Å². The standard InChI is InChI=1S/C11H20BrCl/c1-11(13)9-7-5-3-2-4-6-8-10-12/h1-10H2. The van der Waals surface area contributed by atoms with Gasteiger partial charge in [-0.3, -0.25) is 0 Å². The van der Waals surface area contributed by atoms with E-state index in [0.717, 1.165) is 16.8 Å². The second-order valence-corrected chi connectivity index (χ2v) is 4.76. The summed E-state index contributed by atoms with van der Waals surface area (Å²) in [6.07, 6.45) is 10.3. The summed E-state index contributed by atoms with van der Waals surface area (Å²) >= 11 is 9.09. The summed E-state index contributed by atoms with van der Waals surface area (Å²) in [5, 5.41) is 1.96. The van der Waals surface area contributed by atoms with Crippen LogP contribution in [-0.4, -0.2) is 5.33 Å². The van der Waals surface area contributed by atoms with Crippen molar-refractivity contribution in [2.45, 2.75) is 51.4 Å². The summed E-state index contributed by atoms with van der Waals surface area (Å²) in [5.41, 5.74) is 0. The first-order valence-corrected chi connectivity index (χ1v) is 6.66. The highest BCUT2D eigenvalue weighted by atomic mass is 79.9. The summed E-state index contributed by atoms with van der Waals surface area (Å²) in [5.74, 6) is 0. The number of alkyl halides is 1.